The third-order valence-corrected chi connectivity index (χ3v) is 3.52. The lowest BCUT2D eigenvalue weighted by atomic mass is 10.1. The van der Waals surface area contributed by atoms with Gasteiger partial charge in [-0.25, -0.2) is 0 Å². The van der Waals surface area contributed by atoms with E-state index < -0.39 is 0 Å². The van der Waals surface area contributed by atoms with E-state index >= 15 is 0 Å². The third kappa shape index (κ3) is 2.37. The highest BCUT2D eigenvalue weighted by Gasteiger charge is 2.14. The van der Waals surface area contributed by atoms with E-state index in [2.05, 4.69) is 0 Å². The van der Waals surface area contributed by atoms with Crippen LogP contribution in [0.1, 0.15) is 22.3 Å². The molecule has 0 radical (unpaired) electrons. The summed E-state index contributed by atoms with van der Waals surface area (Å²) in [5, 5.41) is 0.759. The Bertz CT molecular complexity index is 505. The maximum absolute atomic E-state index is 6.31. The van der Waals surface area contributed by atoms with E-state index in [0.29, 0.717) is 10.0 Å². The van der Waals surface area contributed by atoms with E-state index in [4.69, 9.17) is 39.2 Å². The van der Waals surface area contributed by atoms with Crippen molar-refractivity contribution in [3.05, 3.63) is 57.5 Å². The van der Waals surface area contributed by atoms with Gasteiger partial charge in [-0.1, -0.05) is 29.3 Å². The van der Waals surface area contributed by atoms with Crippen molar-refractivity contribution in [2.45, 2.75) is 12.3 Å². The molecular weight excluding hydrogens is 266 g/mol. The van der Waals surface area contributed by atoms with Crippen LogP contribution in [0.5, 0.6) is 0 Å². The van der Waals surface area contributed by atoms with Gasteiger partial charge >= 0.3 is 0 Å². The summed E-state index contributed by atoms with van der Waals surface area (Å²) < 4.78 is 5.22. The van der Waals surface area contributed by atoms with Crippen LogP contribution in [0.25, 0.3) is 0 Å². The van der Waals surface area contributed by atoms with Gasteiger partial charge in [0.2, 0.25) is 0 Å². The predicted molar refractivity (Wildman–Crippen MR) is 67.6 cm³/mol. The minimum atomic E-state index is -0.271. The van der Waals surface area contributed by atoms with E-state index in [1.54, 1.807) is 18.4 Å². The zero-order chi connectivity index (χ0) is 11.7. The van der Waals surface area contributed by atoms with Crippen molar-refractivity contribution in [1.82, 2.24) is 0 Å². The zero-order valence-corrected chi connectivity index (χ0v) is 10.8. The van der Waals surface area contributed by atoms with E-state index in [9.17, 15) is 0 Å². The van der Waals surface area contributed by atoms with Crippen LogP contribution in [0.2, 0.25) is 10.0 Å². The van der Waals surface area contributed by atoms with Gasteiger partial charge in [0.1, 0.15) is 5.76 Å². The van der Waals surface area contributed by atoms with Gasteiger partial charge in [0.05, 0.1) is 21.7 Å². The quantitative estimate of drug-likeness (QED) is 0.685. The van der Waals surface area contributed by atoms with Gasteiger partial charge in [-0.3, -0.25) is 0 Å². The Labute approximate surface area is 109 Å². The average molecular weight is 276 g/mol. The third-order valence-electron chi connectivity index (χ3n) is 2.28. The molecular formula is C12H9Cl3O. The summed E-state index contributed by atoms with van der Waals surface area (Å²) in [6, 6.07) is 7.26. The van der Waals surface area contributed by atoms with E-state index in [1.807, 2.05) is 19.1 Å². The second-order valence-corrected chi connectivity index (χ2v) is 4.78. The predicted octanol–water partition coefficient (Wildman–Crippen LogP) is 5.22. The second kappa shape index (κ2) is 4.70. The molecule has 0 aliphatic heterocycles. The molecule has 1 nitrogen and oxygen atoms in total. The van der Waals surface area contributed by atoms with Crippen molar-refractivity contribution in [3.63, 3.8) is 0 Å². The van der Waals surface area contributed by atoms with Crippen molar-refractivity contribution in [2.24, 2.45) is 0 Å². The molecule has 0 N–H and O–H groups in total. The number of hydrogen-bond acceptors (Lipinski definition) is 1. The van der Waals surface area contributed by atoms with Crippen LogP contribution in [0, 0.1) is 6.92 Å². The molecule has 0 spiro atoms. The van der Waals surface area contributed by atoms with E-state index in [-0.39, 0.29) is 5.38 Å². The number of rotatable bonds is 2. The molecule has 1 heterocycles. The zero-order valence-electron chi connectivity index (χ0n) is 8.51. The van der Waals surface area contributed by atoms with Gasteiger partial charge in [-0.2, -0.15) is 0 Å². The van der Waals surface area contributed by atoms with Crippen molar-refractivity contribution in [3.8, 4) is 0 Å². The molecule has 4 heteroatoms. The summed E-state index contributed by atoms with van der Waals surface area (Å²) in [6.45, 7) is 1.88. The van der Waals surface area contributed by atoms with Crippen molar-refractivity contribution in [1.29, 1.82) is 0 Å². The SMILES string of the molecule is Cc1cc(C(Cl)c2ccc(Cl)c(Cl)c2)co1. The molecule has 0 aliphatic carbocycles. The summed E-state index contributed by atoms with van der Waals surface area (Å²) >= 11 is 18.1. The lowest BCUT2D eigenvalue weighted by molar-refractivity contribution is 0.532. The van der Waals surface area contributed by atoms with Gasteiger partial charge in [0.25, 0.3) is 0 Å². The number of aryl methyl sites for hydroxylation is 1. The summed E-state index contributed by atoms with van der Waals surface area (Å²) in [5.74, 6) is 0.834. The van der Waals surface area contributed by atoms with Crippen LogP contribution in [-0.4, -0.2) is 0 Å². The molecule has 84 valence electrons. The molecule has 1 atom stereocenters. The minimum Gasteiger partial charge on any atom is -0.469 e. The standard InChI is InChI=1S/C12H9Cl3O/c1-7-4-9(6-16-7)12(15)8-2-3-10(13)11(14)5-8/h2-6,12H,1H3. The Hall–Kier alpha value is -0.630. The number of furan rings is 1. The van der Waals surface area contributed by atoms with Crippen molar-refractivity contribution in [2.75, 3.05) is 0 Å². The Morgan fingerprint density at radius 1 is 1.06 bits per heavy atom. The van der Waals surface area contributed by atoms with Crippen LogP contribution in [-0.2, 0) is 0 Å². The Kier molecular flexibility index (Phi) is 3.48. The summed E-state index contributed by atoms with van der Waals surface area (Å²) in [4.78, 5) is 0. The van der Waals surface area contributed by atoms with Crippen LogP contribution in [0.3, 0.4) is 0 Å². The fraction of sp³-hybridized carbons (Fsp3) is 0.167. The molecule has 0 fully saturated rings. The van der Waals surface area contributed by atoms with Gasteiger partial charge < -0.3 is 4.42 Å². The molecule has 2 rings (SSSR count). The van der Waals surface area contributed by atoms with Crippen LogP contribution in [0.15, 0.2) is 34.9 Å². The fourth-order valence-corrected chi connectivity index (χ4v) is 2.02. The fourth-order valence-electron chi connectivity index (χ4n) is 1.46. The first-order valence-electron chi connectivity index (χ1n) is 4.72. The summed E-state index contributed by atoms with van der Waals surface area (Å²) in [7, 11) is 0. The molecule has 1 aromatic carbocycles. The summed E-state index contributed by atoms with van der Waals surface area (Å²) in [5.41, 5.74) is 1.81. The lowest BCUT2D eigenvalue weighted by Crippen LogP contribution is -1.91. The normalized spacial score (nSPS) is 12.8. The molecule has 1 unspecified atom stereocenters. The first-order valence-corrected chi connectivity index (χ1v) is 5.91. The number of alkyl halides is 1. The molecule has 0 aliphatic rings. The van der Waals surface area contributed by atoms with Gasteiger partial charge in [0.15, 0.2) is 0 Å². The van der Waals surface area contributed by atoms with Crippen molar-refractivity contribution < 1.29 is 4.42 Å². The maximum Gasteiger partial charge on any atom is 0.101 e. The largest absolute Gasteiger partial charge is 0.469 e. The highest BCUT2D eigenvalue weighted by atomic mass is 35.5. The van der Waals surface area contributed by atoms with Crippen molar-refractivity contribution >= 4 is 34.8 Å². The highest BCUT2D eigenvalue weighted by Crippen LogP contribution is 2.33. The maximum atomic E-state index is 6.31. The minimum absolute atomic E-state index is 0.271. The number of benzene rings is 1. The van der Waals surface area contributed by atoms with Gasteiger partial charge in [0, 0.05) is 5.56 Å². The Morgan fingerprint density at radius 3 is 2.38 bits per heavy atom. The molecule has 0 saturated carbocycles. The Balaban J connectivity index is 2.33. The monoisotopic (exact) mass is 274 g/mol. The molecule has 16 heavy (non-hydrogen) atoms. The first kappa shape index (κ1) is 11.8. The van der Waals surface area contributed by atoms with E-state index in [1.165, 1.54) is 0 Å². The van der Waals surface area contributed by atoms with Crippen LogP contribution < -0.4 is 0 Å². The summed E-state index contributed by atoms with van der Waals surface area (Å²) in [6.07, 6.45) is 1.65. The molecule has 2 aromatic rings. The second-order valence-electron chi connectivity index (χ2n) is 3.53. The number of hydrogen-bond donors (Lipinski definition) is 0. The average Bonchev–Trinajstić information content (AvgIpc) is 2.68. The smallest absolute Gasteiger partial charge is 0.101 e. The topological polar surface area (TPSA) is 13.1 Å². The number of halogens is 3. The van der Waals surface area contributed by atoms with Gasteiger partial charge in [-0.15, -0.1) is 11.6 Å². The Morgan fingerprint density at radius 2 is 1.81 bits per heavy atom. The van der Waals surface area contributed by atoms with Crippen LogP contribution in [0.4, 0.5) is 0 Å². The van der Waals surface area contributed by atoms with E-state index in [0.717, 1.165) is 16.9 Å². The molecule has 1 aromatic heterocycles. The lowest BCUT2D eigenvalue weighted by Gasteiger charge is -2.08. The molecule has 0 saturated heterocycles. The highest BCUT2D eigenvalue weighted by molar-refractivity contribution is 6.42. The molecule has 0 amide bonds. The van der Waals surface area contributed by atoms with Gasteiger partial charge in [-0.05, 0) is 30.7 Å². The van der Waals surface area contributed by atoms with Crippen LogP contribution >= 0.6 is 34.8 Å². The first-order chi connectivity index (χ1) is 7.58. The molecule has 0 bridgehead atoms.